The Morgan fingerprint density at radius 2 is 0.778 bits per heavy atom. The smallest absolute Gasteiger partial charge is 0.368 e. The molecule has 0 aromatic heterocycles. The second-order valence-corrected chi connectivity index (χ2v) is 13.4. The summed E-state index contributed by atoms with van der Waals surface area (Å²) in [4.78, 5) is 0. The maximum absolute atomic E-state index is 6.54. The molecule has 0 aromatic rings. The van der Waals surface area contributed by atoms with Crippen LogP contribution in [0, 0.1) is 0 Å². The van der Waals surface area contributed by atoms with Gasteiger partial charge in [-0.05, 0) is 68.7 Å². The summed E-state index contributed by atoms with van der Waals surface area (Å²) in [5.74, 6) is 0. The van der Waals surface area contributed by atoms with Gasteiger partial charge in [0.05, 0.1) is 16.8 Å². The first-order chi connectivity index (χ1) is 12.2. The van der Waals surface area contributed by atoms with E-state index in [1.807, 2.05) is 0 Å². The Hall–Kier alpha value is 0.0969. The minimum atomic E-state index is -2.79. The van der Waals surface area contributed by atoms with Gasteiger partial charge in [0, 0.05) is 6.04 Å². The van der Waals surface area contributed by atoms with Crippen molar-refractivity contribution in [3.63, 3.8) is 0 Å². The van der Waals surface area contributed by atoms with Crippen molar-refractivity contribution in [1.29, 1.82) is 0 Å². The van der Waals surface area contributed by atoms with Gasteiger partial charge in [-0.3, -0.25) is 0 Å². The van der Waals surface area contributed by atoms with E-state index in [1.165, 1.54) is 51.4 Å². The SMILES string of the molecule is CCCCCCCCCCC[Si](OC(C)(C)C)(OC(C)(C)C)OC(C)(C)C. The van der Waals surface area contributed by atoms with Crippen molar-refractivity contribution in [2.45, 2.75) is 150 Å². The largest absolute Gasteiger partial charge is 0.502 e. The van der Waals surface area contributed by atoms with E-state index in [9.17, 15) is 0 Å². The molecule has 0 heterocycles. The van der Waals surface area contributed by atoms with E-state index in [4.69, 9.17) is 13.3 Å². The fourth-order valence-electron chi connectivity index (χ4n) is 3.27. The maximum atomic E-state index is 6.54. The average Bonchev–Trinajstić information content (AvgIpc) is 2.39. The van der Waals surface area contributed by atoms with Gasteiger partial charge < -0.3 is 13.3 Å². The van der Waals surface area contributed by atoms with E-state index >= 15 is 0 Å². The summed E-state index contributed by atoms with van der Waals surface area (Å²) in [7, 11) is -2.79. The van der Waals surface area contributed by atoms with Gasteiger partial charge in [0.15, 0.2) is 0 Å². The lowest BCUT2D eigenvalue weighted by atomic mass is 10.1. The minimum absolute atomic E-state index is 0.276. The van der Waals surface area contributed by atoms with Crippen LogP contribution in [0.25, 0.3) is 0 Å². The summed E-state index contributed by atoms with van der Waals surface area (Å²) in [6.07, 6.45) is 11.9. The minimum Gasteiger partial charge on any atom is -0.368 e. The molecule has 3 nitrogen and oxygen atoms in total. The Labute approximate surface area is 172 Å². The van der Waals surface area contributed by atoms with E-state index in [0.29, 0.717) is 0 Å². The lowest BCUT2D eigenvalue weighted by Gasteiger charge is -2.43. The average molecular weight is 403 g/mol. The van der Waals surface area contributed by atoms with Gasteiger partial charge in [-0.25, -0.2) is 0 Å². The van der Waals surface area contributed by atoms with E-state index in [1.54, 1.807) is 0 Å². The molecule has 27 heavy (non-hydrogen) atoms. The van der Waals surface area contributed by atoms with Crippen LogP contribution in [0.5, 0.6) is 0 Å². The van der Waals surface area contributed by atoms with Crippen LogP contribution in [0.3, 0.4) is 0 Å². The molecule has 0 atom stereocenters. The number of rotatable bonds is 13. The zero-order valence-corrected chi connectivity index (χ0v) is 21.3. The summed E-state index contributed by atoms with van der Waals surface area (Å²) in [5.41, 5.74) is -0.827. The molecule has 0 amide bonds. The highest BCUT2D eigenvalue weighted by Gasteiger charge is 2.49. The van der Waals surface area contributed by atoms with Crippen molar-refractivity contribution in [3.05, 3.63) is 0 Å². The van der Waals surface area contributed by atoms with Crippen molar-refractivity contribution in [2.75, 3.05) is 0 Å². The normalized spacial score (nSPS) is 14.0. The third kappa shape index (κ3) is 16.7. The van der Waals surface area contributed by atoms with Crippen molar-refractivity contribution in [1.82, 2.24) is 0 Å². The topological polar surface area (TPSA) is 27.7 Å². The molecule has 164 valence electrons. The second kappa shape index (κ2) is 11.9. The quantitative estimate of drug-likeness (QED) is 0.231. The van der Waals surface area contributed by atoms with Gasteiger partial charge in [-0.2, -0.15) is 0 Å². The molecule has 0 aliphatic carbocycles. The van der Waals surface area contributed by atoms with Gasteiger partial charge >= 0.3 is 8.80 Å². The van der Waals surface area contributed by atoms with Gasteiger partial charge in [0.1, 0.15) is 0 Å². The molecule has 0 aliphatic rings. The highest BCUT2D eigenvalue weighted by molar-refractivity contribution is 6.61. The predicted octanol–water partition coefficient (Wildman–Crippen LogP) is 7.90. The Morgan fingerprint density at radius 1 is 0.481 bits per heavy atom. The number of unbranched alkanes of at least 4 members (excludes halogenated alkanes) is 8. The third-order valence-electron chi connectivity index (χ3n) is 3.97. The lowest BCUT2D eigenvalue weighted by molar-refractivity contribution is -0.0755. The van der Waals surface area contributed by atoms with E-state index < -0.39 is 8.80 Å². The molecule has 0 saturated heterocycles. The molecule has 0 N–H and O–H groups in total. The fraction of sp³-hybridized carbons (Fsp3) is 1.00. The Balaban J connectivity index is 4.77. The van der Waals surface area contributed by atoms with Crippen LogP contribution in [-0.2, 0) is 13.3 Å². The summed E-state index contributed by atoms with van der Waals surface area (Å²) in [5, 5.41) is 0. The fourth-order valence-corrected chi connectivity index (χ4v) is 7.18. The van der Waals surface area contributed by atoms with Gasteiger partial charge in [-0.15, -0.1) is 0 Å². The Morgan fingerprint density at radius 3 is 1.07 bits per heavy atom. The third-order valence-corrected chi connectivity index (χ3v) is 7.71. The first kappa shape index (κ1) is 27.1. The Bertz CT molecular complexity index is 334. The maximum Gasteiger partial charge on any atom is 0.502 e. The van der Waals surface area contributed by atoms with Crippen molar-refractivity contribution in [2.24, 2.45) is 0 Å². The van der Waals surface area contributed by atoms with E-state index in [-0.39, 0.29) is 16.8 Å². The first-order valence-electron chi connectivity index (χ1n) is 11.3. The second-order valence-electron chi connectivity index (χ2n) is 10.9. The van der Waals surface area contributed by atoms with Gasteiger partial charge in [-0.1, -0.05) is 58.3 Å². The molecule has 0 saturated carbocycles. The number of hydrogen-bond acceptors (Lipinski definition) is 3. The van der Waals surface area contributed by atoms with Crippen LogP contribution in [0.4, 0.5) is 0 Å². The molecule has 0 unspecified atom stereocenters. The molecule has 0 aliphatic heterocycles. The summed E-state index contributed by atoms with van der Waals surface area (Å²) in [6, 6.07) is 0.897. The molecule has 0 fully saturated rings. The highest BCUT2D eigenvalue weighted by atomic mass is 28.4. The first-order valence-corrected chi connectivity index (χ1v) is 13.2. The monoisotopic (exact) mass is 402 g/mol. The zero-order chi connectivity index (χ0) is 21.2. The van der Waals surface area contributed by atoms with Crippen LogP contribution in [0.15, 0.2) is 0 Å². The van der Waals surface area contributed by atoms with Crippen LogP contribution in [-0.4, -0.2) is 25.6 Å². The number of hydrogen-bond donors (Lipinski definition) is 0. The van der Waals surface area contributed by atoms with Crippen molar-refractivity contribution >= 4 is 8.80 Å². The van der Waals surface area contributed by atoms with Crippen LogP contribution >= 0.6 is 0 Å². The summed E-state index contributed by atoms with van der Waals surface area (Å²) < 4.78 is 19.6. The van der Waals surface area contributed by atoms with Crippen LogP contribution in [0.2, 0.25) is 6.04 Å². The predicted molar refractivity (Wildman–Crippen MR) is 120 cm³/mol. The van der Waals surface area contributed by atoms with Crippen molar-refractivity contribution < 1.29 is 13.3 Å². The van der Waals surface area contributed by atoms with Crippen LogP contribution in [0.1, 0.15) is 127 Å². The molecule has 0 rings (SSSR count). The van der Waals surface area contributed by atoms with E-state index in [0.717, 1.165) is 12.5 Å². The Kier molecular flexibility index (Phi) is 12.0. The highest BCUT2D eigenvalue weighted by Crippen LogP contribution is 2.33. The molecule has 0 aromatic carbocycles. The van der Waals surface area contributed by atoms with E-state index in [2.05, 4.69) is 69.2 Å². The molecule has 0 radical (unpaired) electrons. The van der Waals surface area contributed by atoms with Gasteiger partial charge in [0.2, 0.25) is 0 Å². The zero-order valence-electron chi connectivity index (χ0n) is 20.3. The van der Waals surface area contributed by atoms with Gasteiger partial charge in [0.25, 0.3) is 0 Å². The van der Waals surface area contributed by atoms with Crippen molar-refractivity contribution in [3.8, 4) is 0 Å². The summed E-state index contributed by atoms with van der Waals surface area (Å²) in [6.45, 7) is 21.2. The molecule has 4 heteroatoms. The molecular formula is C23H50O3Si. The summed E-state index contributed by atoms with van der Waals surface area (Å²) >= 11 is 0. The molecule has 0 spiro atoms. The molecular weight excluding hydrogens is 352 g/mol. The van der Waals surface area contributed by atoms with Crippen LogP contribution < -0.4 is 0 Å². The molecule has 0 bridgehead atoms. The lowest BCUT2D eigenvalue weighted by Crippen LogP contribution is -2.57. The standard InChI is InChI=1S/C23H50O3Si/c1-11-12-13-14-15-16-17-18-19-20-27(24-21(2,3)4,25-22(5,6)7)26-23(8,9)10/h11-20H2,1-10H3.